The van der Waals surface area contributed by atoms with E-state index in [-0.39, 0.29) is 19.0 Å². The van der Waals surface area contributed by atoms with Crippen LogP contribution in [0.5, 0.6) is 0 Å². The van der Waals surface area contributed by atoms with Gasteiger partial charge in [0.15, 0.2) is 0 Å². The molecule has 1 unspecified atom stereocenters. The molecule has 1 aliphatic rings. The third-order valence-electron chi connectivity index (χ3n) is 3.33. The van der Waals surface area contributed by atoms with E-state index in [0.717, 1.165) is 0 Å². The average molecular weight is 272 g/mol. The highest BCUT2D eigenvalue weighted by Crippen LogP contribution is 2.36. The van der Waals surface area contributed by atoms with Crippen molar-refractivity contribution in [2.24, 2.45) is 0 Å². The molecule has 3 rings (SSSR count). The number of para-hydroxylation sites is 1. The number of fused-ring (bicyclic) bond motifs is 1. The minimum atomic E-state index is -0.923. The van der Waals surface area contributed by atoms with Gasteiger partial charge in [0.1, 0.15) is 25.1 Å². The maximum absolute atomic E-state index is 12.3. The van der Waals surface area contributed by atoms with E-state index in [2.05, 4.69) is 10.1 Å². The number of hydrogen-bond acceptors (Lipinski definition) is 4. The number of anilines is 1. The molecule has 0 aliphatic carbocycles. The molecule has 0 spiro atoms. The molecule has 0 fully saturated rings. The number of carbonyl (C=O) groups is 2. The Bertz CT molecular complexity index is 653. The van der Waals surface area contributed by atoms with Crippen LogP contribution in [-0.2, 0) is 16.1 Å². The highest BCUT2D eigenvalue weighted by atomic mass is 16.4. The molecule has 1 aromatic heterocycles. The van der Waals surface area contributed by atoms with Crippen LogP contribution in [-0.4, -0.2) is 38.3 Å². The third kappa shape index (κ3) is 2.03. The lowest BCUT2D eigenvalue weighted by Crippen LogP contribution is -2.34. The maximum atomic E-state index is 12.3. The summed E-state index contributed by atoms with van der Waals surface area (Å²) in [6.07, 6.45) is 2.81. The van der Waals surface area contributed by atoms with E-state index in [0.29, 0.717) is 11.3 Å². The summed E-state index contributed by atoms with van der Waals surface area (Å²) in [4.78, 5) is 28.8. The second kappa shape index (κ2) is 4.76. The van der Waals surface area contributed by atoms with Crippen LogP contribution in [0.25, 0.3) is 0 Å². The lowest BCUT2D eigenvalue weighted by Gasteiger charge is -2.17. The van der Waals surface area contributed by atoms with Gasteiger partial charge in [-0.15, -0.1) is 0 Å². The van der Waals surface area contributed by atoms with Crippen molar-refractivity contribution in [3.05, 3.63) is 42.5 Å². The highest BCUT2D eigenvalue weighted by Gasteiger charge is 2.36. The van der Waals surface area contributed by atoms with Crippen LogP contribution in [0.15, 0.2) is 36.9 Å². The van der Waals surface area contributed by atoms with Gasteiger partial charge < -0.3 is 10.0 Å². The smallest absolute Gasteiger partial charge is 0.312 e. The van der Waals surface area contributed by atoms with Gasteiger partial charge in [-0.3, -0.25) is 9.59 Å². The Morgan fingerprint density at radius 1 is 1.35 bits per heavy atom. The molecule has 2 aromatic rings. The number of nitrogens with zero attached hydrogens (tertiary/aromatic N) is 4. The van der Waals surface area contributed by atoms with Crippen LogP contribution >= 0.6 is 0 Å². The molecule has 1 atom stereocenters. The molecule has 2 heterocycles. The molecule has 102 valence electrons. The van der Waals surface area contributed by atoms with Crippen molar-refractivity contribution in [3.8, 4) is 0 Å². The number of benzene rings is 1. The molecule has 20 heavy (non-hydrogen) atoms. The zero-order valence-corrected chi connectivity index (χ0v) is 10.5. The molecule has 7 heteroatoms. The minimum absolute atomic E-state index is 0.0423. The van der Waals surface area contributed by atoms with Gasteiger partial charge in [0.2, 0.25) is 5.91 Å². The van der Waals surface area contributed by atoms with Crippen LogP contribution in [0.1, 0.15) is 11.5 Å². The fourth-order valence-corrected chi connectivity index (χ4v) is 2.39. The van der Waals surface area contributed by atoms with E-state index in [9.17, 15) is 14.7 Å². The second-order valence-electron chi connectivity index (χ2n) is 4.55. The molecule has 0 saturated heterocycles. The Morgan fingerprint density at radius 3 is 2.85 bits per heavy atom. The molecular formula is C13H12N4O3. The van der Waals surface area contributed by atoms with Gasteiger partial charge in [0, 0.05) is 12.2 Å². The summed E-state index contributed by atoms with van der Waals surface area (Å²) >= 11 is 0. The number of aliphatic carboxylic acids is 1. The van der Waals surface area contributed by atoms with Crippen molar-refractivity contribution in [1.29, 1.82) is 0 Å². The van der Waals surface area contributed by atoms with E-state index >= 15 is 0 Å². The molecule has 1 N–H and O–H groups in total. The molecule has 0 radical (unpaired) electrons. The Labute approximate surface area is 114 Å². The Kier molecular flexibility index (Phi) is 2.94. The summed E-state index contributed by atoms with van der Waals surface area (Å²) in [6, 6.07) is 7.08. The van der Waals surface area contributed by atoms with Crippen molar-refractivity contribution < 1.29 is 14.7 Å². The number of carbonyl (C=O) groups excluding carboxylic acids is 1. The zero-order valence-electron chi connectivity index (χ0n) is 10.5. The number of carboxylic acids is 1. The first-order chi connectivity index (χ1) is 9.66. The van der Waals surface area contributed by atoms with Crippen molar-refractivity contribution in [2.45, 2.75) is 12.5 Å². The third-order valence-corrected chi connectivity index (χ3v) is 3.33. The quantitative estimate of drug-likeness (QED) is 0.878. The zero-order chi connectivity index (χ0) is 14.1. The average Bonchev–Trinajstić information content (AvgIpc) is 3.05. The van der Waals surface area contributed by atoms with E-state index < -0.39 is 11.9 Å². The van der Waals surface area contributed by atoms with Gasteiger partial charge in [-0.05, 0) is 11.6 Å². The Morgan fingerprint density at radius 2 is 2.15 bits per heavy atom. The summed E-state index contributed by atoms with van der Waals surface area (Å²) in [5.41, 5.74) is 1.33. The molecule has 1 aromatic carbocycles. The highest BCUT2D eigenvalue weighted by molar-refractivity contribution is 5.98. The van der Waals surface area contributed by atoms with Crippen LogP contribution < -0.4 is 4.90 Å². The SMILES string of the molecule is O=C(O)C1CN(C(=O)Cn2cncn2)c2ccccc21. The van der Waals surface area contributed by atoms with Crippen LogP contribution in [0.3, 0.4) is 0 Å². The van der Waals surface area contributed by atoms with Crippen molar-refractivity contribution in [3.63, 3.8) is 0 Å². The molecule has 1 amide bonds. The topological polar surface area (TPSA) is 88.3 Å². The lowest BCUT2D eigenvalue weighted by molar-refractivity contribution is -0.138. The van der Waals surface area contributed by atoms with Crippen LogP contribution in [0.2, 0.25) is 0 Å². The monoisotopic (exact) mass is 272 g/mol. The van der Waals surface area contributed by atoms with E-state index in [4.69, 9.17) is 0 Å². The van der Waals surface area contributed by atoms with Crippen molar-refractivity contribution in [1.82, 2.24) is 14.8 Å². The van der Waals surface area contributed by atoms with Gasteiger partial charge in [-0.2, -0.15) is 5.10 Å². The Hall–Kier alpha value is -2.70. The van der Waals surface area contributed by atoms with Gasteiger partial charge in [0.05, 0.1) is 0 Å². The Balaban J connectivity index is 1.88. The first kappa shape index (κ1) is 12.3. The summed E-state index contributed by atoms with van der Waals surface area (Å²) in [7, 11) is 0. The molecule has 7 nitrogen and oxygen atoms in total. The second-order valence-corrected chi connectivity index (χ2v) is 4.55. The number of rotatable bonds is 3. The van der Waals surface area contributed by atoms with E-state index in [1.807, 2.05) is 0 Å². The summed E-state index contributed by atoms with van der Waals surface area (Å²) in [6.45, 7) is 0.197. The largest absolute Gasteiger partial charge is 0.481 e. The van der Waals surface area contributed by atoms with Crippen LogP contribution in [0.4, 0.5) is 5.69 Å². The fraction of sp³-hybridized carbons (Fsp3) is 0.231. The van der Waals surface area contributed by atoms with Crippen LogP contribution in [0, 0.1) is 0 Å². The predicted molar refractivity (Wildman–Crippen MR) is 69.2 cm³/mol. The standard InChI is InChI=1S/C13H12N4O3/c18-12(6-16-8-14-7-15-16)17-5-10(13(19)20)9-3-1-2-4-11(9)17/h1-4,7-8,10H,5-6H2,(H,19,20). The van der Waals surface area contributed by atoms with E-state index in [1.165, 1.54) is 22.2 Å². The number of aromatic nitrogens is 3. The molecule has 0 bridgehead atoms. The minimum Gasteiger partial charge on any atom is -0.481 e. The predicted octanol–water partition coefficient (Wildman–Crippen LogP) is 0.493. The summed E-state index contributed by atoms with van der Waals surface area (Å²) in [5, 5.41) is 13.1. The van der Waals surface area contributed by atoms with Crippen molar-refractivity contribution in [2.75, 3.05) is 11.4 Å². The van der Waals surface area contributed by atoms with Gasteiger partial charge in [-0.1, -0.05) is 18.2 Å². The van der Waals surface area contributed by atoms with Gasteiger partial charge in [0.25, 0.3) is 0 Å². The van der Waals surface area contributed by atoms with Crippen molar-refractivity contribution >= 4 is 17.6 Å². The van der Waals surface area contributed by atoms with Gasteiger partial charge >= 0.3 is 5.97 Å². The summed E-state index contributed by atoms with van der Waals surface area (Å²) < 4.78 is 1.42. The maximum Gasteiger partial charge on any atom is 0.312 e. The number of amides is 1. The fourth-order valence-electron chi connectivity index (χ4n) is 2.39. The number of hydrogen-bond donors (Lipinski definition) is 1. The summed E-state index contributed by atoms with van der Waals surface area (Å²) in [5.74, 6) is -1.80. The van der Waals surface area contributed by atoms with Gasteiger partial charge in [-0.25, -0.2) is 9.67 Å². The normalized spacial score (nSPS) is 17.0. The first-order valence-corrected chi connectivity index (χ1v) is 6.11. The lowest BCUT2D eigenvalue weighted by atomic mass is 10.0. The number of carboxylic acid groups (broad SMARTS) is 1. The molecular weight excluding hydrogens is 260 g/mol. The van der Waals surface area contributed by atoms with E-state index in [1.54, 1.807) is 24.3 Å². The molecule has 1 aliphatic heterocycles. The molecule has 0 saturated carbocycles. The first-order valence-electron chi connectivity index (χ1n) is 6.11.